The highest BCUT2D eigenvalue weighted by Crippen LogP contribution is 2.23. The van der Waals surface area contributed by atoms with Gasteiger partial charge in [-0.25, -0.2) is 9.37 Å². The number of aromatic nitrogens is 1. The van der Waals surface area contributed by atoms with Gasteiger partial charge in [0.25, 0.3) is 0 Å². The lowest BCUT2D eigenvalue weighted by molar-refractivity contribution is -0.132. The average Bonchev–Trinajstić information content (AvgIpc) is 3.15. The van der Waals surface area contributed by atoms with Gasteiger partial charge in [0.1, 0.15) is 10.8 Å². The van der Waals surface area contributed by atoms with Crippen LogP contribution in [-0.4, -0.2) is 52.7 Å². The minimum Gasteiger partial charge on any atom is -0.340 e. The normalized spacial score (nSPS) is 15.0. The molecule has 1 fully saturated rings. The van der Waals surface area contributed by atoms with E-state index in [-0.39, 0.29) is 30.3 Å². The van der Waals surface area contributed by atoms with E-state index >= 15 is 0 Å². The highest BCUT2D eigenvalue weighted by Gasteiger charge is 2.22. The molecule has 0 bridgehead atoms. The number of amides is 1. The molecule has 7 heteroatoms. The first-order chi connectivity index (χ1) is 14.1. The van der Waals surface area contributed by atoms with E-state index in [0.717, 1.165) is 30.2 Å². The van der Waals surface area contributed by atoms with Crippen LogP contribution in [-0.2, 0) is 11.3 Å². The number of carbonyl (C=O) groups is 2. The smallest absolute Gasteiger partial charge is 0.223 e. The number of piperazine rings is 1. The second-order valence-corrected chi connectivity index (χ2v) is 8.28. The van der Waals surface area contributed by atoms with Crippen LogP contribution in [0, 0.1) is 5.82 Å². The van der Waals surface area contributed by atoms with E-state index in [2.05, 4.69) is 16.0 Å². The van der Waals surface area contributed by atoms with E-state index < -0.39 is 0 Å². The molecule has 150 valence electrons. The van der Waals surface area contributed by atoms with Crippen LogP contribution in [0.1, 0.15) is 28.2 Å². The Bertz CT molecular complexity index is 977. The predicted octanol–water partition coefficient (Wildman–Crippen LogP) is 3.74. The van der Waals surface area contributed by atoms with E-state index in [1.165, 1.54) is 29.0 Å². The van der Waals surface area contributed by atoms with Gasteiger partial charge < -0.3 is 4.90 Å². The van der Waals surface area contributed by atoms with Gasteiger partial charge in [-0.1, -0.05) is 12.1 Å². The van der Waals surface area contributed by atoms with Crippen molar-refractivity contribution in [3.05, 3.63) is 64.9 Å². The van der Waals surface area contributed by atoms with Crippen LogP contribution in [0.2, 0.25) is 0 Å². The minimum atomic E-state index is -0.374. The topological polar surface area (TPSA) is 53.5 Å². The number of fused-ring (bicyclic) bond motifs is 1. The van der Waals surface area contributed by atoms with E-state index in [0.29, 0.717) is 18.7 Å². The Hall–Kier alpha value is -2.64. The molecule has 1 aliphatic rings. The fourth-order valence-electron chi connectivity index (χ4n) is 3.49. The summed E-state index contributed by atoms with van der Waals surface area (Å²) < 4.78 is 14.1. The molecule has 1 aliphatic heterocycles. The molecule has 3 aromatic rings. The third-order valence-corrected chi connectivity index (χ3v) is 6.18. The number of ketones is 1. The lowest BCUT2D eigenvalue weighted by Gasteiger charge is -2.34. The zero-order chi connectivity index (χ0) is 20.2. The summed E-state index contributed by atoms with van der Waals surface area (Å²) >= 11 is 1.71. The van der Waals surface area contributed by atoms with E-state index in [9.17, 15) is 14.0 Å². The zero-order valence-corrected chi connectivity index (χ0v) is 16.8. The largest absolute Gasteiger partial charge is 0.340 e. The number of rotatable bonds is 6. The van der Waals surface area contributed by atoms with Gasteiger partial charge in [0.2, 0.25) is 5.91 Å². The summed E-state index contributed by atoms with van der Waals surface area (Å²) in [6.45, 7) is 3.72. The van der Waals surface area contributed by atoms with E-state index in [1.54, 1.807) is 11.3 Å². The van der Waals surface area contributed by atoms with Crippen LogP contribution < -0.4 is 0 Å². The van der Waals surface area contributed by atoms with Crippen molar-refractivity contribution < 1.29 is 14.0 Å². The van der Waals surface area contributed by atoms with Crippen LogP contribution in [0.15, 0.2) is 48.5 Å². The first-order valence-corrected chi connectivity index (χ1v) is 10.5. The molecule has 2 heterocycles. The molecule has 0 saturated carbocycles. The van der Waals surface area contributed by atoms with Gasteiger partial charge >= 0.3 is 0 Å². The third kappa shape index (κ3) is 4.86. The van der Waals surface area contributed by atoms with Crippen molar-refractivity contribution in [3.8, 4) is 0 Å². The number of Topliss-reactive ketones (excluding diaryl/α,β-unsaturated/α-hetero) is 1. The number of para-hydroxylation sites is 1. The van der Waals surface area contributed by atoms with Crippen LogP contribution in [0.4, 0.5) is 4.39 Å². The van der Waals surface area contributed by atoms with E-state index in [1.807, 2.05) is 23.1 Å². The Morgan fingerprint density at radius 1 is 0.966 bits per heavy atom. The molecule has 1 aromatic heterocycles. The van der Waals surface area contributed by atoms with Crippen molar-refractivity contribution in [2.24, 2.45) is 0 Å². The zero-order valence-electron chi connectivity index (χ0n) is 16.0. The molecule has 2 aromatic carbocycles. The molecule has 4 rings (SSSR count). The molecule has 0 N–H and O–H groups in total. The number of carbonyl (C=O) groups excluding carboxylic acids is 2. The number of benzene rings is 2. The quantitative estimate of drug-likeness (QED) is 0.580. The van der Waals surface area contributed by atoms with Gasteiger partial charge in [-0.05, 0) is 36.4 Å². The highest BCUT2D eigenvalue weighted by molar-refractivity contribution is 7.18. The highest BCUT2D eigenvalue weighted by atomic mass is 32.1. The number of thiazole rings is 1. The van der Waals surface area contributed by atoms with Gasteiger partial charge in [0, 0.05) is 44.6 Å². The second kappa shape index (κ2) is 8.80. The molecule has 0 unspecified atom stereocenters. The fraction of sp³-hybridized carbons (Fsp3) is 0.318. The summed E-state index contributed by atoms with van der Waals surface area (Å²) in [6.07, 6.45) is 0.338. The van der Waals surface area contributed by atoms with Crippen molar-refractivity contribution in [2.45, 2.75) is 19.4 Å². The Morgan fingerprint density at radius 3 is 2.41 bits per heavy atom. The van der Waals surface area contributed by atoms with Crippen molar-refractivity contribution in [3.63, 3.8) is 0 Å². The Kier molecular flexibility index (Phi) is 5.97. The van der Waals surface area contributed by atoms with Crippen molar-refractivity contribution in [1.82, 2.24) is 14.8 Å². The van der Waals surface area contributed by atoms with Gasteiger partial charge in [-0.2, -0.15) is 0 Å². The molecule has 1 saturated heterocycles. The molecule has 0 atom stereocenters. The van der Waals surface area contributed by atoms with Crippen LogP contribution >= 0.6 is 11.3 Å². The molecule has 5 nitrogen and oxygen atoms in total. The lowest BCUT2D eigenvalue weighted by atomic mass is 10.1. The lowest BCUT2D eigenvalue weighted by Crippen LogP contribution is -2.48. The average molecular weight is 412 g/mol. The van der Waals surface area contributed by atoms with Crippen molar-refractivity contribution in [1.29, 1.82) is 0 Å². The maximum absolute atomic E-state index is 13.0. The predicted molar refractivity (Wildman–Crippen MR) is 111 cm³/mol. The van der Waals surface area contributed by atoms with Crippen LogP contribution in [0.25, 0.3) is 10.2 Å². The first kappa shape index (κ1) is 19.7. The first-order valence-electron chi connectivity index (χ1n) is 9.72. The maximum atomic E-state index is 13.0. The standard InChI is InChI=1S/C22H22FN3O2S/c23-17-7-5-16(6-8-17)19(27)9-10-22(28)26-13-11-25(12-14-26)15-21-24-18-3-1-2-4-20(18)29-21/h1-8H,9-15H2. The summed E-state index contributed by atoms with van der Waals surface area (Å²) in [5, 5.41) is 1.09. The Balaban J connectivity index is 1.24. The third-order valence-electron chi connectivity index (χ3n) is 5.15. The molecule has 0 aliphatic carbocycles. The number of hydrogen-bond donors (Lipinski definition) is 0. The van der Waals surface area contributed by atoms with Gasteiger partial charge in [-0.15, -0.1) is 11.3 Å². The van der Waals surface area contributed by atoms with Gasteiger partial charge in [0.15, 0.2) is 5.78 Å². The molecule has 0 spiro atoms. The summed E-state index contributed by atoms with van der Waals surface area (Å²) in [6, 6.07) is 13.6. The minimum absolute atomic E-state index is 0.0000914. The molecule has 29 heavy (non-hydrogen) atoms. The summed E-state index contributed by atoms with van der Waals surface area (Å²) in [5.41, 5.74) is 1.48. The van der Waals surface area contributed by atoms with Crippen molar-refractivity contribution >= 4 is 33.2 Å². The Labute approximate surface area is 172 Å². The number of hydrogen-bond acceptors (Lipinski definition) is 5. The van der Waals surface area contributed by atoms with Gasteiger partial charge in [0.05, 0.1) is 16.8 Å². The van der Waals surface area contributed by atoms with Crippen LogP contribution in [0.5, 0.6) is 0 Å². The molecular formula is C22H22FN3O2S. The van der Waals surface area contributed by atoms with Crippen molar-refractivity contribution in [2.75, 3.05) is 26.2 Å². The summed E-state index contributed by atoms with van der Waals surface area (Å²) in [5.74, 6) is -0.505. The summed E-state index contributed by atoms with van der Waals surface area (Å²) in [7, 11) is 0. The number of halogens is 1. The SMILES string of the molecule is O=C(CCC(=O)N1CCN(Cc2nc3ccccc3s2)CC1)c1ccc(F)cc1. The molecule has 1 amide bonds. The number of nitrogens with zero attached hydrogens (tertiary/aromatic N) is 3. The monoisotopic (exact) mass is 411 g/mol. The van der Waals surface area contributed by atoms with E-state index in [4.69, 9.17) is 0 Å². The van der Waals surface area contributed by atoms with Crippen LogP contribution in [0.3, 0.4) is 0 Å². The molecular weight excluding hydrogens is 389 g/mol. The summed E-state index contributed by atoms with van der Waals surface area (Å²) in [4.78, 5) is 33.4. The Morgan fingerprint density at radius 2 is 1.69 bits per heavy atom. The maximum Gasteiger partial charge on any atom is 0.223 e. The second-order valence-electron chi connectivity index (χ2n) is 7.16. The van der Waals surface area contributed by atoms with Gasteiger partial charge in [-0.3, -0.25) is 14.5 Å². The molecule has 0 radical (unpaired) electrons. The fourth-order valence-corrected chi connectivity index (χ4v) is 4.50.